The molecular formula is C20H26F2N2O3. The number of halogens is 2. The number of benzene rings is 1. The Morgan fingerprint density at radius 2 is 1.96 bits per heavy atom. The zero-order valence-electron chi connectivity index (χ0n) is 15.6. The van der Waals surface area contributed by atoms with Gasteiger partial charge in [-0.2, -0.15) is 0 Å². The lowest BCUT2D eigenvalue weighted by molar-refractivity contribution is -0.138. The minimum atomic E-state index is -0.855. The van der Waals surface area contributed by atoms with Crippen LogP contribution in [0.2, 0.25) is 0 Å². The SMILES string of the molecule is CCN(CC1CCCO1)C(=O)C1CCN(C(=O)c2ccc(F)cc2F)CC1. The first-order valence-electron chi connectivity index (χ1n) is 9.64. The number of carbonyl (C=O) groups excluding carboxylic acids is 2. The summed E-state index contributed by atoms with van der Waals surface area (Å²) >= 11 is 0. The first-order valence-corrected chi connectivity index (χ1v) is 9.64. The number of rotatable bonds is 5. The van der Waals surface area contributed by atoms with Crippen molar-refractivity contribution >= 4 is 11.8 Å². The number of likely N-dealkylation sites (N-methyl/N-ethyl adjacent to an activating group) is 1. The Labute approximate surface area is 158 Å². The van der Waals surface area contributed by atoms with Crippen molar-refractivity contribution in [1.82, 2.24) is 9.80 Å². The van der Waals surface area contributed by atoms with E-state index in [1.165, 1.54) is 11.0 Å². The van der Waals surface area contributed by atoms with E-state index in [9.17, 15) is 18.4 Å². The van der Waals surface area contributed by atoms with E-state index in [4.69, 9.17) is 4.74 Å². The van der Waals surface area contributed by atoms with Crippen LogP contribution in [-0.4, -0.2) is 60.5 Å². The maximum Gasteiger partial charge on any atom is 0.256 e. The monoisotopic (exact) mass is 380 g/mol. The summed E-state index contributed by atoms with van der Waals surface area (Å²) in [5, 5.41) is 0. The number of hydrogen-bond acceptors (Lipinski definition) is 3. The molecule has 0 aromatic heterocycles. The number of amides is 2. The van der Waals surface area contributed by atoms with Crippen LogP contribution < -0.4 is 0 Å². The first-order chi connectivity index (χ1) is 13.0. The molecule has 1 atom stereocenters. The van der Waals surface area contributed by atoms with Crippen molar-refractivity contribution in [3.63, 3.8) is 0 Å². The summed E-state index contributed by atoms with van der Waals surface area (Å²) < 4.78 is 32.5. The zero-order valence-corrected chi connectivity index (χ0v) is 15.6. The molecule has 0 N–H and O–H groups in total. The molecule has 27 heavy (non-hydrogen) atoms. The Morgan fingerprint density at radius 1 is 1.22 bits per heavy atom. The minimum absolute atomic E-state index is 0.105. The highest BCUT2D eigenvalue weighted by atomic mass is 19.1. The molecule has 0 saturated carbocycles. The van der Waals surface area contributed by atoms with E-state index < -0.39 is 17.5 Å². The number of nitrogens with zero attached hydrogens (tertiary/aromatic N) is 2. The summed E-state index contributed by atoms with van der Waals surface area (Å²) in [6.07, 6.45) is 3.25. The Bertz CT molecular complexity index is 684. The van der Waals surface area contributed by atoms with Crippen LogP contribution in [0.15, 0.2) is 18.2 Å². The predicted molar refractivity (Wildman–Crippen MR) is 96.2 cm³/mol. The van der Waals surface area contributed by atoms with Crippen LogP contribution in [0.5, 0.6) is 0 Å². The lowest BCUT2D eigenvalue weighted by Gasteiger charge is -2.34. The first kappa shape index (κ1) is 19.7. The Kier molecular flexibility index (Phi) is 6.42. The van der Waals surface area contributed by atoms with E-state index in [0.29, 0.717) is 45.1 Å². The summed E-state index contributed by atoms with van der Waals surface area (Å²) in [6.45, 7) is 4.76. The van der Waals surface area contributed by atoms with Gasteiger partial charge in [-0.25, -0.2) is 8.78 Å². The molecule has 2 amide bonds. The molecule has 0 aliphatic carbocycles. The Hall–Kier alpha value is -2.02. The molecule has 0 spiro atoms. The lowest BCUT2D eigenvalue weighted by Crippen LogP contribution is -2.46. The van der Waals surface area contributed by atoms with E-state index in [1.54, 1.807) is 0 Å². The van der Waals surface area contributed by atoms with Crippen LogP contribution in [-0.2, 0) is 9.53 Å². The van der Waals surface area contributed by atoms with Crippen LogP contribution >= 0.6 is 0 Å². The topological polar surface area (TPSA) is 49.9 Å². The highest BCUT2D eigenvalue weighted by Crippen LogP contribution is 2.23. The van der Waals surface area contributed by atoms with Gasteiger partial charge in [0.05, 0.1) is 11.7 Å². The Balaban J connectivity index is 1.55. The number of likely N-dealkylation sites (tertiary alicyclic amines) is 1. The molecule has 1 unspecified atom stereocenters. The summed E-state index contributed by atoms with van der Waals surface area (Å²) in [4.78, 5) is 28.7. The molecule has 3 rings (SSSR count). The smallest absolute Gasteiger partial charge is 0.256 e. The van der Waals surface area contributed by atoms with E-state index in [1.807, 2.05) is 11.8 Å². The third-order valence-corrected chi connectivity index (χ3v) is 5.43. The average Bonchev–Trinajstić information content (AvgIpc) is 3.18. The third-order valence-electron chi connectivity index (χ3n) is 5.43. The van der Waals surface area contributed by atoms with Gasteiger partial charge in [-0.3, -0.25) is 9.59 Å². The van der Waals surface area contributed by atoms with Crippen LogP contribution in [0, 0.1) is 17.6 Å². The summed E-state index contributed by atoms with van der Waals surface area (Å²) in [5.74, 6) is -2.04. The van der Waals surface area contributed by atoms with Crippen molar-refractivity contribution in [2.45, 2.75) is 38.7 Å². The molecule has 2 aliphatic rings. The van der Waals surface area contributed by atoms with E-state index in [0.717, 1.165) is 25.5 Å². The van der Waals surface area contributed by atoms with Gasteiger partial charge < -0.3 is 14.5 Å². The second kappa shape index (κ2) is 8.78. The van der Waals surface area contributed by atoms with Crippen molar-refractivity contribution in [3.05, 3.63) is 35.4 Å². The molecule has 0 radical (unpaired) electrons. The van der Waals surface area contributed by atoms with Gasteiger partial charge >= 0.3 is 0 Å². The molecule has 5 nitrogen and oxygen atoms in total. The molecule has 148 valence electrons. The maximum absolute atomic E-state index is 13.8. The van der Waals surface area contributed by atoms with Gasteiger partial charge in [0.25, 0.3) is 5.91 Å². The summed E-state index contributed by atoms with van der Waals surface area (Å²) in [6, 6.07) is 2.97. The number of carbonyl (C=O) groups is 2. The third kappa shape index (κ3) is 4.64. The van der Waals surface area contributed by atoms with Crippen LogP contribution in [0.25, 0.3) is 0 Å². The van der Waals surface area contributed by atoms with Gasteiger partial charge in [0.1, 0.15) is 11.6 Å². The van der Waals surface area contributed by atoms with Crippen LogP contribution in [0.1, 0.15) is 43.0 Å². The second-order valence-electron chi connectivity index (χ2n) is 7.20. The fourth-order valence-electron chi connectivity index (χ4n) is 3.83. The molecule has 2 fully saturated rings. The fourth-order valence-corrected chi connectivity index (χ4v) is 3.83. The maximum atomic E-state index is 13.8. The predicted octanol–water partition coefficient (Wildman–Crippen LogP) is 2.84. The standard InChI is InChI=1S/C20H26F2N2O3/c1-2-23(13-16-4-3-11-27-16)19(25)14-7-9-24(10-8-14)20(26)17-6-5-15(21)12-18(17)22/h5-6,12,14,16H,2-4,7-11,13H2,1H3. The lowest BCUT2D eigenvalue weighted by atomic mass is 9.94. The molecule has 2 heterocycles. The molecule has 2 saturated heterocycles. The number of piperidine rings is 1. The largest absolute Gasteiger partial charge is 0.376 e. The van der Waals surface area contributed by atoms with Crippen molar-refractivity contribution in [2.75, 3.05) is 32.8 Å². The van der Waals surface area contributed by atoms with Gasteiger partial charge in [0.2, 0.25) is 5.91 Å². The molecule has 7 heteroatoms. The van der Waals surface area contributed by atoms with Crippen molar-refractivity contribution in [1.29, 1.82) is 0 Å². The normalized spacial score (nSPS) is 20.7. The van der Waals surface area contributed by atoms with Gasteiger partial charge in [-0.05, 0) is 44.7 Å². The average molecular weight is 380 g/mol. The Morgan fingerprint density at radius 3 is 2.56 bits per heavy atom. The molecule has 0 bridgehead atoms. The van der Waals surface area contributed by atoms with Crippen molar-refractivity contribution in [2.24, 2.45) is 5.92 Å². The van der Waals surface area contributed by atoms with Crippen molar-refractivity contribution in [3.8, 4) is 0 Å². The highest BCUT2D eigenvalue weighted by molar-refractivity contribution is 5.94. The molecule has 1 aromatic carbocycles. The van der Waals surface area contributed by atoms with Gasteiger partial charge in [-0.1, -0.05) is 0 Å². The quantitative estimate of drug-likeness (QED) is 0.789. The van der Waals surface area contributed by atoms with E-state index >= 15 is 0 Å². The zero-order chi connectivity index (χ0) is 19.4. The van der Waals surface area contributed by atoms with Crippen LogP contribution in [0.3, 0.4) is 0 Å². The highest BCUT2D eigenvalue weighted by Gasteiger charge is 2.32. The minimum Gasteiger partial charge on any atom is -0.376 e. The van der Waals surface area contributed by atoms with Gasteiger partial charge in [-0.15, -0.1) is 0 Å². The molecule has 1 aromatic rings. The van der Waals surface area contributed by atoms with Gasteiger partial charge in [0, 0.05) is 44.8 Å². The number of hydrogen-bond donors (Lipinski definition) is 0. The van der Waals surface area contributed by atoms with Gasteiger partial charge in [0.15, 0.2) is 0 Å². The van der Waals surface area contributed by atoms with E-state index in [2.05, 4.69) is 0 Å². The summed E-state index contributed by atoms with van der Waals surface area (Å²) in [5.41, 5.74) is -0.130. The van der Waals surface area contributed by atoms with Crippen LogP contribution in [0.4, 0.5) is 8.78 Å². The molecular weight excluding hydrogens is 354 g/mol. The molecule has 2 aliphatic heterocycles. The second-order valence-corrected chi connectivity index (χ2v) is 7.20. The fraction of sp³-hybridized carbons (Fsp3) is 0.600. The number of ether oxygens (including phenoxy) is 1. The van der Waals surface area contributed by atoms with Crippen molar-refractivity contribution < 1.29 is 23.1 Å². The summed E-state index contributed by atoms with van der Waals surface area (Å²) in [7, 11) is 0. The van der Waals surface area contributed by atoms with E-state index in [-0.39, 0.29) is 23.5 Å².